The molecule has 0 aromatic heterocycles. The van der Waals surface area contributed by atoms with Crippen LogP contribution in [0.15, 0.2) is 29.2 Å². The maximum atomic E-state index is 12.0. The van der Waals surface area contributed by atoms with Gasteiger partial charge in [0.05, 0.1) is 6.61 Å². The smallest absolute Gasteiger partial charge is 0.410 e. The number of nitrogens with zero attached hydrogens (tertiary/aromatic N) is 1. The molecule has 2 rings (SSSR count). The lowest BCUT2D eigenvalue weighted by Crippen LogP contribution is -2.41. The number of benzene rings is 1. The number of carbonyl (C=O) groups is 1. The van der Waals surface area contributed by atoms with Crippen molar-refractivity contribution in [3.05, 3.63) is 24.3 Å². The second-order valence-electron chi connectivity index (χ2n) is 7.22. The van der Waals surface area contributed by atoms with Crippen LogP contribution in [0, 0.1) is 5.92 Å². The molecule has 0 spiro atoms. The Kier molecular flexibility index (Phi) is 6.84. The van der Waals surface area contributed by atoms with Crippen LogP contribution >= 0.6 is 11.8 Å². The standard InChI is InChI=1S/C19H29NO3S/c1-19(2,3)23-18(21)20-12-9-15(10-13-20)11-14-22-16-5-7-17(24-4)8-6-16/h5-8,15H,9-14H2,1-4H3. The highest BCUT2D eigenvalue weighted by Gasteiger charge is 2.26. The van der Waals surface area contributed by atoms with Crippen LogP contribution in [0.3, 0.4) is 0 Å². The summed E-state index contributed by atoms with van der Waals surface area (Å²) in [4.78, 5) is 15.1. The van der Waals surface area contributed by atoms with Crippen LogP contribution in [0.4, 0.5) is 4.79 Å². The van der Waals surface area contributed by atoms with Crippen molar-refractivity contribution in [2.24, 2.45) is 5.92 Å². The molecule has 4 nitrogen and oxygen atoms in total. The van der Waals surface area contributed by atoms with E-state index in [9.17, 15) is 4.79 Å². The summed E-state index contributed by atoms with van der Waals surface area (Å²) in [7, 11) is 0. The number of rotatable bonds is 5. The van der Waals surface area contributed by atoms with Gasteiger partial charge in [-0.2, -0.15) is 0 Å². The number of hydrogen-bond acceptors (Lipinski definition) is 4. The van der Waals surface area contributed by atoms with E-state index in [0.29, 0.717) is 5.92 Å². The van der Waals surface area contributed by atoms with Crippen molar-refractivity contribution in [3.63, 3.8) is 0 Å². The quantitative estimate of drug-likeness (QED) is 0.713. The summed E-state index contributed by atoms with van der Waals surface area (Å²) in [5.41, 5.74) is -0.423. The third kappa shape index (κ3) is 6.27. The molecule has 1 heterocycles. The summed E-state index contributed by atoms with van der Waals surface area (Å²) in [5, 5.41) is 0. The van der Waals surface area contributed by atoms with Crippen LogP contribution in [-0.4, -0.2) is 42.5 Å². The Morgan fingerprint density at radius 1 is 1.21 bits per heavy atom. The molecule has 1 aliphatic heterocycles. The molecule has 1 amide bonds. The number of ether oxygens (including phenoxy) is 2. The second-order valence-corrected chi connectivity index (χ2v) is 8.10. The highest BCUT2D eigenvalue weighted by atomic mass is 32.2. The van der Waals surface area contributed by atoms with Gasteiger partial charge < -0.3 is 14.4 Å². The van der Waals surface area contributed by atoms with Gasteiger partial charge in [0.1, 0.15) is 11.4 Å². The Morgan fingerprint density at radius 2 is 1.83 bits per heavy atom. The van der Waals surface area contributed by atoms with Gasteiger partial charge in [-0.15, -0.1) is 11.8 Å². The lowest BCUT2D eigenvalue weighted by atomic mass is 9.94. The van der Waals surface area contributed by atoms with E-state index in [0.717, 1.165) is 44.7 Å². The molecular weight excluding hydrogens is 322 g/mol. The minimum absolute atomic E-state index is 0.189. The fraction of sp³-hybridized carbons (Fsp3) is 0.632. The molecular formula is C19H29NO3S. The molecule has 0 radical (unpaired) electrons. The lowest BCUT2D eigenvalue weighted by Gasteiger charge is -2.33. The molecule has 0 saturated carbocycles. The van der Waals surface area contributed by atoms with Crippen LogP contribution in [0.25, 0.3) is 0 Å². The minimum atomic E-state index is -0.423. The summed E-state index contributed by atoms with van der Waals surface area (Å²) in [6.07, 6.45) is 4.96. The van der Waals surface area contributed by atoms with Gasteiger partial charge >= 0.3 is 6.09 Å². The zero-order chi connectivity index (χ0) is 17.6. The highest BCUT2D eigenvalue weighted by Crippen LogP contribution is 2.23. The average Bonchev–Trinajstić information content (AvgIpc) is 2.54. The fourth-order valence-electron chi connectivity index (χ4n) is 2.75. The molecule has 0 unspecified atom stereocenters. The zero-order valence-electron chi connectivity index (χ0n) is 15.2. The zero-order valence-corrected chi connectivity index (χ0v) is 16.0. The monoisotopic (exact) mass is 351 g/mol. The largest absolute Gasteiger partial charge is 0.494 e. The second kappa shape index (κ2) is 8.65. The Hall–Kier alpha value is -1.36. The highest BCUT2D eigenvalue weighted by molar-refractivity contribution is 7.98. The van der Waals surface area contributed by atoms with Gasteiger partial charge in [-0.05, 0) is 76.5 Å². The molecule has 5 heteroatoms. The lowest BCUT2D eigenvalue weighted by molar-refractivity contribution is 0.0177. The Bertz CT molecular complexity index is 516. The number of amides is 1. The number of hydrogen-bond donors (Lipinski definition) is 0. The van der Waals surface area contributed by atoms with E-state index in [2.05, 4.69) is 18.4 Å². The molecule has 1 aromatic rings. The van der Waals surface area contributed by atoms with Crippen molar-refractivity contribution >= 4 is 17.9 Å². The van der Waals surface area contributed by atoms with Crippen molar-refractivity contribution in [1.82, 2.24) is 4.90 Å². The van der Waals surface area contributed by atoms with Gasteiger partial charge in [0.25, 0.3) is 0 Å². The maximum absolute atomic E-state index is 12.0. The molecule has 1 aliphatic rings. The van der Waals surface area contributed by atoms with Crippen LogP contribution in [0.1, 0.15) is 40.0 Å². The van der Waals surface area contributed by atoms with Gasteiger partial charge in [0.15, 0.2) is 0 Å². The van der Waals surface area contributed by atoms with Gasteiger partial charge in [-0.25, -0.2) is 4.79 Å². The van der Waals surface area contributed by atoms with E-state index in [1.807, 2.05) is 37.8 Å². The molecule has 1 saturated heterocycles. The summed E-state index contributed by atoms with van der Waals surface area (Å²) in [5.74, 6) is 1.55. The van der Waals surface area contributed by atoms with Crippen molar-refractivity contribution in [2.45, 2.75) is 50.5 Å². The van der Waals surface area contributed by atoms with Gasteiger partial charge in [0.2, 0.25) is 0 Å². The molecule has 0 aliphatic carbocycles. The summed E-state index contributed by atoms with van der Waals surface area (Å²) < 4.78 is 11.3. The first kappa shape index (κ1) is 19.0. The van der Waals surface area contributed by atoms with Crippen LogP contribution in [-0.2, 0) is 4.74 Å². The average molecular weight is 352 g/mol. The molecule has 0 atom stereocenters. The topological polar surface area (TPSA) is 38.8 Å². The van der Waals surface area contributed by atoms with Gasteiger partial charge in [0, 0.05) is 18.0 Å². The van der Waals surface area contributed by atoms with E-state index < -0.39 is 5.60 Å². The number of piperidine rings is 1. The molecule has 1 aromatic carbocycles. The minimum Gasteiger partial charge on any atom is -0.494 e. The Balaban J connectivity index is 1.66. The first-order valence-corrected chi connectivity index (χ1v) is 9.84. The van der Waals surface area contributed by atoms with Crippen LogP contribution < -0.4 is 4.74 Å². The van der Waals surface area contributed by atoms with E-state index >= 15 is 0 Å². The third-order valence-corrected chi connectivity index (χ3v) is 4.86. The van der Waals surface area contributed by atoms with Crippen molar-refractivity contribution < 1.29 is 14.3 Å². The summed E-state index contributed by atoms with van der Waals surface area (Å²) in [6.45, 7) is 8.00. The normalized spacial score (nSPS) is 16.1. The van der Waals surface area contributed by atoms with E-state index in [4.69, 9.17) is 9.47 Å². The van der Waals surface area contributed by atoms with Crippen LogP contribution in [0.5, 0.6) is 5.75 Å². The summed E-state index contributed by atoms with van der Waals surface area (Å²) in [6, 6.07) is 8.21. The number of carbonyl (C=O) groups excluding carboxylic acids is 1. The maximum Gasteiger partial charge on any atom is 0.410 e. The van der Waals surface area contributed by atoms with E-state index in [-0.39, 0.29) is 6.09 Å². The SMILES string of the molecule is CSc1ccc(OCCC2CCN(C(=O)OC(C)(C)C)CC2)cc1. The van der Waals surface area contributed by atoms with E-state index in [1.165, 1.54) is 4.90 Å². The van der Waals surface area contributed by atoms with E-state index in [1.54, 1.807) is 11.8 Å². The first-order chi connectivity index (χ1) is 11.4. The van der Waals surface area contributed by atoms with Gasteiger partial charge in [-0.3, -0.25) is 0 Å². The van der Waals surface area contributed by atoms with Crippen molar-refractivity contribution in [3.8, 4) is 5.75 Å². The van der Waals surface area contributed by atoms with Crippen molar-refractivity contribution in [1.29, 1.82) is 0 Å². The molecule has 24 heavy (non-hydrogen) atoms. The predicted octanol–water partition coefficient (Wildman–Crippen LogP) is 4.82. The summed E-state index contributed by atoms with van der Waals surface area (Å²) >= 11 is 1.73. The first-order valence-electron chi connectivity index (χ1n) is 8.62. The molecule has 0 N–H and O–H groups in total. The van der Waals surface area contributed by atoms with Crippen LogP contribution in [0.2, 0.25) is 0 Å². The molecule has 1 fully saturated rings. The molecule has 134 valence electrons. The molecule has 0 bridgehead atoms. The van der Waals surface area contributed by atoms with Crippen molar-refractivity contribution in [2.75, 3.05) is 26.0 Å². The predicted molar refractivity (Wildman–Crippen MR) is 98.9 cm³/mol. The Labute approximate surface area is 149 Å². The Morgan fingerprint density at radius 3 is 2.38 bits per heavy atom. The number of thioether (sulfide) groups is 1. The third-order valence-electron chi connectivity index (χ3n) is 4.12. The van der Waals surface area contributed by atoms with Gasteiger partial charge in [-0.1, -0.05) is 0 Å². The number of likely N-dealkylation sites (tertiary alicyclic amines) is 1. The fourth-order valence-corrected chi connectivity index (χ4v) is 3.15.